The predicted molar refractivity (Wildman–Crippen MR) is 83.7 cm³/mol. The molecule has 8 heteroatoms. The van der Waals surface area contributed by atoms with Gasteiger partial charge in [0, 0.05) is 25.6 Å². The Labute approximate surface area is 138 Å². The number of benzene rings is 1. The second kappa shape index (κ2) is 8.47. The number of nitrogens with two attached hydrogens (primary N) is 1. The highest BCUT2D eigenvalue weighted by atomic mass is 19.3. The predicted octanol–water partition coefficient (Wildman–Crippen LogP) is 1.74. The molecular weight excluding hydrogens is 320 g/mol. The summed E-state index contributed by atoms with van der Waals surface area (Å²) in [4.78, 5) is 24.9. The Morgan fingerprint density at radius 1 is 1.33 bits per heavy atom. The van der Waals surface area contributed by atoms with Crippen LogP contribution in [-0.4, -0.2) is 43.0 Å². The van der Waals surface area contributed by atoms with Gasteiger partial charge < -0.3 is 20.7 Å². The number of carbonyl (C=O) groups excluding carboxylic acids is 2. The van der Waals surface area contributed by atoms with Crippen molar-refractivity contribution in [3.8, 4) is 5.75 Å². The monoisotopic (exact) mass is 341 g/mol. The van der Waals surface area contributed by atoms with Gasteiger partial charge in [-0.15, -0.1) is 0 Å². The summed E-state index contributed by atoms with van der Waals surface area (Å²) in [6, 6.07) is 6.43. The SMILES string of the molecule is NC(=O)C1CCN(C(=O)NCc2cccc(OCC(F)F)c2)CC1. The molecule has 0 atom stereocenters. The number of primary amides is 1. The molecule has 0 spiro atoms. The van der Waals surface area contributed by atoms with Gasteiger partial charge in [0.05, 0.1) is 0 Å². The van der Waals surface area contributed by atoms with Gasteiger partial charge in [-0.25, -0.2) is 13.6 Å². The van der Waals surface area contributed by atoms with E-state index in [1.165, 1.54) is 0 Å². The number of nitrogens with zero attached hydrogens (tertiary/aromatic N) is 1. The van der Waals surface area contributed by atoms with Crippen LogP contribution < -0.4 is 15.8 Å². The minimum Gasteiger partial charge on any atom is -0.488 e. The fourth-order valence-electron chi connectivity index (χ4n) is 2.56. The van der Waals surface area contributed by atoms with Crippen molar-refractivity contribution in [2.75, 3.05) is 19.7 Å². The Bertz CT molecular complexity index is 575. The highest BCUT2D eigenvalue weighted by Gasteiger charge is 2.25. The van der Waals surface area contributed by atoms with Crippen molar-refractivity contribution in [1.82, 2.24) is 10.2 Å². The smallest absolute Gasteiger partial charge is 0.317 e. The summed E-state index contributed by atoms with van der Waals surface area (Å²) in [5.41, 5.74) is 6.02. The van der Waals surface area contributed by atoms with Crippen LogP contribution in [-0.2, 0) is 11.3 Å². The lowest BCUT2D eigenvalue weighted by Gasteiger charge is -2.30. The normalized spacial score (nSPS) is 15.4. The Morgan fingerprint density at radius 3 is 2.67 bits per heavy atom. The van der Waals surface area contributed by atoms with Gasteiger partial charge in [-0.1, -0.05) is 12.1 Å². The molecule has 0 aromatic heterocycles. The third-order valence-electron chi connectivity index (χ3n) is 3.90. The summed E-state index contributed by atoms with van der Waals surface area (Å²) in [7, 11) is 0. The third-order valence-corrected chi connectivity index (χ3v) is 3.90. The number of urea groups is 1. The van der Waals surface area contributed by atoms with Crippen LogP contribution in [0.5, 0.6) is 5.75 Å². The van der Waals surface area contributed by atoms with Gasteiger partial charge in [-0.2, -0.15) is 0 Å². The average molecular weight is 341 g/mol. The molecule has 1 heterocycles. The van der Waals surface area contributed by atoms with Crippen molar-refractivity contribution in [1.29, 1.82) is 0 Å². The third kappa shape index (κ3) is 5.36. The van der Waals surface area contributed by atoms with Crippen LogP contribution in [0, 0.1) is 5.92 Å². The molecular formula is C16H21F2N3O3. The van der Waals surface area contributed by atoms with Crippen LogP contribution in [0.4, 0.5) is 13.6 Å². The molecule has 132 valence electrons. The Morgan fingerprint density at radius 2 is 2.04 bits per heavy atom. The van der Waals surface area contributed by atoms with Crippen LogP contribution in [0.1, 0.15) is 18.4 Å². The maximum absolute atomic E-state index is 12.1. The first-order valence-corrected chi connectivity index (χ1v) is 7.77. The number of nitrogens with one attached hydrogen (secondary N) is 1. The van der Waals surface area contributed by atoms with E-state index in [2.05, 4.69) is 5.32 Å². The molecule has 0 bridgehead atoms. The van der Waals surface area contributed by atoms with E-state index in [0.717, 1.165) is 5.56 Å². The summed E-state index contributed by atoms with van der Waals surface area (Å²) in [6.07, 6.45) is -1.39. The van der Waals surface area contributed by atoms with E-state index in [0.29, 0.717) is 31.7 Å². The fraction of sp³-hybridized carbons (Fsp3) is 0.500. The summed E-state index contributed by atoms with van der Waals surface area (Å²) < 4.78 is 29.2. The second-order valence-corrected chi connectivity index (χ2v) is 5.67. The molecule has 6 nitrogen and oxygen atoms in total. The average Bonchev–Trinajstić information content (AvgIpc) is 2.58. The van der Waals surface area contributed by atoms with E-state index in [4.69, 9.17) is 10.5 Å². The maximum atomic E-state index is 12.1. The molecule has 24 heavy (non-hydrogen) atoms. The molecule has 0 unspecified atom stereocenters. The number of hydrogen-bond acceptors (Lipinski definition) is 3. The molecule has 2 rings (SSSR count). The van der Waals surface area contributed by atoms with Gasteiger partial charge in [-0.05, 0) is 30.5 Å². The zero-order chi connectivity index (χ0) is 17.5. The van der Waals surface area contributed by atoms with E-state index in [9.17, 15) is 18.4 Å². The maximum Gasteiger partial charge on any atom is 0.317 e. The number of halogens is 2. The first-order chi connectivity index (χ1) is 11.5. The van der Waals surface area contributed by atoms with Gasteiger partial charge >= 0.3 is 6.03 Å². The summed E-state index contributed by atoms with van der Waals surface area (Å²) in [6.45, 7) is 0.568. The van der Waals surface area contributed by atoms with Crippen LogP contribution in [0.25, 0.3) is 0 Å². The van der Waals surface area contributed by atoms with Crippen LogP contribution in [0.15, 0.2) is 24.3 Å². The molecule has 0 aliphatic carbocycles. The fourth-order valence-corrected chi connectivity index (χ4v) is 2.56. The first-order valence-electron chi connectivity index (χ1n) is 7.77. The summed E-state index contributed by atoms with van der Waals surface area (Å²) >= 11 is 0. The number of likely N-dealkylation sites (tertiary alicyclic amines) is 1. The Kier molecular flexibility index (Phi) is 6.34. The van der Waals surface area contributed by atoms with E-state index in [1.807, 2.05) is 0 Å². The zero-order valence-electron chi connectivity index (χ0n) is 13.2. The van der Waals surface area contributed by atoms with Crippen LogP contribution in [0.2, 0.25) is 0 Å². The molecule has 3 amide bonds. The molecule has 0 saturated carbocycles. The highest BCUT2D eigenvalue weighted by Crippen LogP contribution is 2.17. The van der Waals surface area contributed by atoms with E-state index in [1.54, 1.807) is 29.2 Å². The molecule has 1 saturated heterocycles. The molecule has 1 aromatic rings. The van der Waals surface area contributed by atoms with Crippen molar-refractivity contribution in [3.63, 3.8) is 0 Å². The van der Waals surface area contributed by atoms with Crippen molar-refractivity contribution in [2.45, 2.75) is 25.8 Å². The Hall–Kier alpha value is -2.38. The number of piperidine rings is 1. The van der Waals surface area contributed by atoms with Crippen molar-refractivity contribution >= 4 is 11.9 Å². The number of rotatable bonds is 6. The second-order valence-electron chi connectivity index (χ2n) is 5.67. The Balaban J connectivity index is 1.79. The van der Waals surface area contributed by atoms with Gasteiger partial charge in [0.1, 0.15) is 12.4 Å². The van der Waals surface area contributed by atoms with E-state index >= 15 is 0 Å². The lowest BCUT2D eigenvalue weighted by Crippen LogP contribution is -2.46. The van der Waals surface area contributed by atoms with Gasteiger partial charge in [0.25, 0.3) is 6.43 Å². The van der Waals surface area contributed by atoms with Gasteiger partial charge in [-0.3, -0.25) is 4.79 Å². The molecule has 3 N–H and O–H groups in total. The minimum atomic E-state index is -2.53. The van der Waals surface area contributed by atoms with Crippen LogP contribution in [0.3, 0.4) is 0 Å². The molecule has 1 aromatic carbocycles. The number of hydrogen-bond donors (Lipinski definition) is 2. The van der Waals surface area contributed by atoms with Crippen LogP contribution >= 0.6 is 0 Å². The molecule has 0 radical (unpaired) electrons. The molecule has 1 fully saturated rings. The van der Waals surface area contributed by atoms with E-state index < -0.39 is 13.0 Å². The number of amides is 3. The highest BCUT2D eigenvalue weighted by molar-refractivity contribution is 5.78. The topological polar surface area (TPSA) is 84.7 Å². The first kappa shape index (κ1) is 18.0. The standard InChI is InChI=1S/C16H21F2N3O3/c17-14(18)10-24-13-3-1-2-11(8-13)9-20-16(23)21-6-4-12(5-7-21)15(19)22/h1-3,8,12,14H,4-7,9-10H2,(H2,19,22)(H,20,23). The number of alkyl halides is 2. The van der Waals surface area contributed by atoms with Gasteiger partial charge in [0.2, 0.25) is 5.91 Å². The quantitative estimate of drug-likeness (QED) is 0.826. The van der Waals surface area contributed by atoms with Crippen molar-refractivity contribution in [2.24, 2.45) is 11.7 Å². The summed E-state index contributed by atoms with van der Waals surface area (Å²) in [5, 5.41) is 2.77. The molecule has 1 aliphatic rings. The molecule has 1 aliphatic heterocycles. The summed E-state index contributed by atoms with van der Waals surface area (Å²) in [5.74, 6) is -0.155. The zero-order valence-corrected chi connectivity index (χ0v) is 13.2. The lowest BCUT2D eigenvalue weighted by atomic mass is 9.96. The van der Waals surface area contributed by atoms with Gasteiger partial charge in [0.15, 0.2) is 0 Å². The minimum absolute atomic E-state index is 0.169. The largest absolute Gasteiger partial charge is 0.488 e. The number of ether oxygens (including phenoxy) is 1. The lowest BCUT2D eigenvalue weighted by molar-refractivity contribution is -0.123. The van der Waals surface area contributed by atoms with Crippen molar-refractivity contribution in [3.05, 3.63) is 29.8 Å². The van der Waals surface area contributed by atoms with E-state index in [-0.39, 0.29) is 24.4 Å². The number of carbonyl (C=O) groups is 2. The van der Waals surface area contributed by atoms with Crippen molar-refractivity contribution < 1.29 is 23.1 Å².